The SMILES string of the molecule is C=C(C)COCC(=C)C(=O)OCCCCCCCC(C)C. The van der Waals surface area contributed by atoms with Crippen LogP contribution in [-0.2, 0) is 14.3 Å². The molecule has 0 atom stereocenters. The number of hydrogen-bond acceptors (Lipinski definition) is 3. The maximum atomic E-state index is 11.6. The van der Waals surface area contributed by atoms with Crippen molar-refractivity contribution in [3.8, 4) is 0 Å². The Labute approximate surface area is 130 Å². The predicted molar refractivity (Wildman–Crippen MR) is 88.3 cm³/mol. The van der Waals surface area contributed by atoms with E-state index in [2.05, 4.69) is 27.0 Å². The zero-order valence-electron chi connectivity index (χ0n) is 14.1. The second-order valence-electron chi connectivity index (χ2n) is 6.14. The third-order valence-electron chi connectivity index (χ3n) is 3.07. The van der Waals surface area contributed by atoms with Gasteiger partial charge in [0.05, 0.1) is 25.4 Å². The smallest absolute Gasteiger partial charge is 0.335 e. The molecule has 3 heteroatoms. The molecule has 0 amide bonds. The average Bonchev–Trinajstić information content (AvgIpc) is 2.40. The Hall–Kier alpha value is -1.09. The first-order valence-corrected chi connectivity index (χ1v) is 8.00. The zero-order chi connectivity index (χ0) is 16.1. The molecule has 0 aliphatic rings. The molecule has 0 saturated heterocycles. The lowest BCUT2D eigenvalue weighted by molar-refractivity contribution is -0.139. The molecule has 0 aliphatic heterocycles. The van der Waals surface area contributed by atoms with Crippen LogP contribution in [-0.4, -0.2) is 25.8 Å². The predicted octanol–water partition coefficient (Wildman–Crippen LogP) is 4.68. The first-order chi connectivity index (χ1) is 9.93. The maximum absolute atomic E-state index is 11.6. The van der Waals surface area contributed by atoms with E-state index in [1.54, 1.807) is 0 Å². The van der Waals surface area contributed by atoms with Crippen molar-refractivity contribution < 1.29 is 14.3 Å². The fraction of sp³-hybridized carbons (Fsp3) is 0.722. The highest BCUT2D eigenvalue weighted by molar-refractivity contribution is 5.87. The molecule has 0 fully saturated rings. The quantitative estimate of drug-likeness (QED) is 0.214. The molecular formula is C18H32O3. The second kappa shape index (κ2) is 12.6. The van der Waals surface area contributed by atoms with E-state index in [9.17, 15) is 4.79 Å². The molecule has 122 valence electrons. The topological polar surface area (TPSA) is 35.5 Å². The number of carbonyl (C=O) groups excluding carboxylic acids is 1. The molecule has 0 rings (SSSR count). The number of esters is 1. The largest absolute Gasteiger partial charge is 0.462 e. The van der Waals surface area contributed by atoms with Crippen LogP contribution < -0.4 is 0 Å². The van der Waals surface area contributed by atoms with Crippen molar-refractivity contribution in [3.05, 3.63) is 24.3 Å². The van der Waals surface area contributed by atoms with Crippen molar-refractivity contribution in [1.29, 1.82) is 0 Å². The molecular weight excluding hydrogens is 264 g/mol. The third kappa shape index (κ3) is 13.6. The van der Waals surface area contributed by atoms with Gasteiger partial charge in [-0.1, -0.05) is 64.7 Å². The second-order valence-corrected chi connectivity index (χ2v) is 6.14. The van der Waals surface area contributed by atoms with Gasteiger partial charge < -0.3 is 9.47 Å². The zero-order valence-corrected chi connectivity index (χ0v) is 14.1. The van der Waals surface area contributed by atoms with Gasteiger partial charge in [-0.3, -0.25) is 0 Å². The van der Waals surface area contributed by atoms with E-state index in [4.69, 9.17) is 9.47 Å². The fourth-order valence-electron chi connectivity index (χ4n) is 1.86. The molecule has 0 bridgehead atoms. The van der Waals surface area contributed by atoms with Gasteiger partial charge in [0, 0.05) is 0 Å². The lowest BCUT2D eigenvalue weighted by Crippen LogP contribution is -2.13. The van der Waals surface area contributed by atoms with Gasteiger partial charge in [0.1, 0.15) is 0 Å². The number of rotatable bonds is 13. The van der Waals surface area contributed by atoms with E-state index < -0.39 is 0 Å². The summed E-state index contributed by atoms with van der Waals surface area (Å²) >= 11 is 0. The highest BCUT2D eigenvalue weighted by Gasteiger charge is 2.08. The van der Waals surface area contributed by atoms with E-state index in [1.165, 1.54) is 25.7 Å². The Morgan fingerprint density at radius 1 is 1.00 bits per heavy atom. The maximum Gasteiger partial charge on any atom is 0.335 e. The molecule has 0 aromatic rings. The van der Waals surface area contributed by atoms with Crippen LogP contribution in [0.5, 0.6) is 0 Å². The van der Waals surface area contributed by atoms with Crippen LogP contribution >= 0.6 is 0 Å². The van der Waals surface area contributed by atoms with Gasteiger partial charge in [0.25, 0.3) is 0 Å². The summed E-state index contributed by atoms with van der Waals surface area (Å²) < 4.78 is 10.4. The standard InChI is InChI=1S/C18H32O3/c1-15(2)11-9-7-6-8-10-12-21-18(19)17(5)14-20-13-16(3)4/h15H,3,5-14H2,1-2,4H3. The van der Waals surface area contributed by atoms with E-state index in [0.717, 1.165) is 24.3 Å². The van der Waals surface area contributed by atoms with Crippen molar-refractivity contribution in [2.24, 2.45) is 5.92 Å². The van der Waals surface area contributed by atoms with Crippen molar-refractivity contribution in [2.45, 2.75) is 59.3 Å². The van der Waals surface area contributed by atoms with Crippen LogP contribution in [0.1, 0.15) is 59.3 Å². The lowest BCUT2D eigenvalue weighted by Gasteiger charge is -2.08. The minimum atomic E-state index is -0.350. The normalized spacial score (nSPS) is 10.7. The molecule has 21 heavy (non-hydrogen) atoms. The number of ether oxygens (including phenoxy) is 2. The monoisotopic (exact) mass is 296 g/mol. The first kappa shape index (κ1) is 19.9. The number of hydrogen-bond donors (Lipinski definition) is 0. The van der Waals surface area contributed by atoms with Crippen LogP contribution in [0.3, 0.4) is 0 Å². The lowest BCUT2D eigenvalue weighted by atomic mass is 10.0. The van der Waals surface area contributed by atoms with Crippen LogP contribution in [0.2, 0.25) is 0 Å². The Morgan fingerprint density at radius 3 is 2.24 bits per heavy atom. The summed E-state index contributed by atoms with van der Waals surface area (Å²) in [5.74, 6) is 0.445. The van der Waals surface area contributed by atoms with Gasteiger partial charge in [0.15, 0.2) is 0 Å². The summed E-state index contributed by atoms with van der Waals surface area (Å²) in [6, 6.07) is 0. The molecule has 0 radical (unpaired) electrons. The summed E-state index contributed by atoms with van der Waals surface area (Å²) in [7, 11) is 0. The average molecular weight is 296 g/mol. The minimum Gasteiger partial charge on any atom is -0.462 e. The van der Waals surface area contributed by atoms with Crippen LogP contribution in [0.15, 0.2) is 24.3 Å². The summed E-state index contributed by atoms with van der Waals surface area (Å²) in [5, 5.41) is 0. The Morgan fingerprint density at radius 2 is 1.62 bits per heavy atom. The summed E-state index contributed by atoms with van der Waals surface area (Å²) in [6.07, 6.45) is 7.13. The van der Waals surface area contributed by atoms with Gasteiger partial charge in [-0.05, 0) is 19.3 Å². The van der Waals surface area contributed by atoms with Crippen LogP contribution in [0.25, 0.3) is 0 Å². The molecule has 0 aromatic heterocycles. The third-order valence-corrected chi connectivity index (χ3v) is 3.07. The van der Waals surface area contributed by atoms with Gasteiger partial charge in [-0.25, -0.2) is 4.79 Å². The molecule has 0 spiro atoms. The van der Waals surface area contributed by atoms with Gasteiger partial charge in [-0.2, -0.15) is 0 Å². The summed E-state index contributed by atoms with van der Waals surface area (Å²) in [5.41, 5.74) is 1.29. The number of carbonyl (C=O) groups is 1. The summed E-state index contributed by atoms with van der Waals surface area (Å²) in [4.78, 5) is 11.6. The van der Waals surface area contributed by atoms with Crippen molar-refractivity contribution >= 4 is 5.97 Å². The minimum absolute atomic E-state index is 0.209. The Bertz CT molecular complexity index is 318. The molecule has 0 unspecified atom stereocenters. The van der Waals surface area contributed by atoms with Gasteiger partial charge in [-0.15, -0.1) is 0 Å². The van der Waals surface area contributed by atoms with Crippen LogP contribution in [0, 0.1) is 5.92 Å². The first-order valence-electron chi connectivity index (χ1n) is 8.00. The van der Waals surface area contributed by atoms with Crippen molar-refractivity contribution in [3.63, 3.8) is 0 Å². The molecule has 3 nitrogen and oxygen atoms in total. The van der Waals surface area contributed by atoms with Gasteiger partial charge >= 0.3 is 5.97 Å². The van der Waals surface area contributed by atoms with E-state index >= 15 is 0 Å². The molecule has 0 heterocycles. The molecule has 0 saturated carbocycles. The van der Waals surface area contributed by atoms with Gasteiger partial charge in [0.2, 0.25) is 0 Å². The molecule has 0 N–H and O–H groups in total. The van der Waals surface area contributed by atoms with Crippen LogP contribution in [0.4, 0.5) is 0 Å². The highest BCUT2D eigenvalue weighted by Crippen LogP contribution is 2.10. The van der Waals surface area contributed by atoms with E-state index in [-0.39, 0.29) is 12.6 Å². The van der Waals surface area contributed by atoms with Crippen molar-refractivity contribution in [2.75, 3.05) is 19.8 Å². The Balaban J connectivity index is 3.44. The van der Waals surface area contributed by atoms with E-state index in [0.29, 0.717) is 18.8 Å². The highest BCUT2D eigenvalue weighted by atomic mass is 16.5. The van der Waals surface area contributed by atoms with E-state index in [1.807, 2.05) is 6.92 Å². The Kier molecular flexibility index (Phi) is 12.0. The fourth-order valence-corrected chi connectivity index (χ4v) is 1.86. The number of unbranched alkanes of at least 4 members (excludes halogenated alkanes) is 4. The summed E-state index contributed by atoms with van der Waals surface area (Å²) in [6.45, 7) is 14.9. The molecule has 0 aliphatic carbocycles. The van der Waals surface area contributed by atoms with Crippen molar-refractivity contribution in [1.82, 2.24) is 0 Å². The molecule has 0 aromatic carbocycles.